The van der Waals surface area contributed by atoms with Gasteiger partial charge in [0.15, 0.2) is 17.4 Å². The van der Waals surface area contributed by atoms with Crippen molar-refractivity contribution >= 4 is 29.4 Å². The number of fused-ring (bicyclic) bond motifs is 1. The number of halogens is 3. The van der Waals surface area contributed by atoms with Crippen LogP contribution in [0, 0.1) is 23.4 Å². The van der Waals surface area contributed by atoms with E-state index < -0.39 is 29.2 Å². The van der Waals surface area contributed by atoms with Gasteiger partial charge in [0, 0.05) is 38.3 Å². The molecule has 3 heterocycles. The Kier molecular flexibility index (Phi) is 5.59. The Balaban J connectivity index is 1.83. The fourth-order valence-electron chi connectivity index (χ4n) is 4.27. The van der Waals surface area contributed by atoms with Crippen LogP contribution in [0.5, 0.6) is 0 Å². The van der Waals surface area contributed by atoms with Gasteiger partial charge >= 0.3 is 5.97 Å². The monoisotopic (exact) mass is 449 g/mol. The van der Waals surface area contributed by atoms with Crippen LogP contribution in [0.2, 0.25) is 0 Å². The van der Waals surface area contributed by atoms with Crippen molar-refractivity contribution in [2.45, 2.75) is 12.7 Å². The lowest BCUT2D eigenvalue weighted by molar-refractivity contribution is -0.213. The summed E-state index contributed by atoms with van der Waals surface area (Å²) in [5.74, 6) is -4.42. The first-order valence-corrected chi connectivity index (χ1v) is 9.91. The number of carbonyl (C=O) groups is 1. The van der Waals surface area contributed by atoms with E-state index in [9.17, 15) is 18.7 Å². The first-order valence-electron chi connectivity index (χ1n) is 9.91. The predicted octanol–water partition coefficient (Wildman–Crippen LogP) is 3.56. The van der Waals surface area contributed by atoms with E-state index in [2.05, 4.69) is 4.98 Å². The number of carboxylic acid groups (broad SMARTS) is 1. The number of hydrogen-bond donors (Lipinski definition) is 1. The Hall–Kier alpha value is -3.11. The van der Waals surface area contributed by atoms with Gasteiger partial charge in [0.05, 0.1) is 24.4 Å². The molecule has 2 aliphatic heterocycles. The van der Waals surface area contributed by atoms with Gasteiger partial charge in [-0.2, -0.15) is 0 Å². The smallest absolute Gasteiger partial charge is 0.333 e. The number of methoxy groups -OCH3 is 2. The summed E-state index contributed by atoms with van der Waals surface area (Å²) in [6, 6.07) is 4.13. The van der Waals surface area contributed by atoms with Crippen molar-refractivity contribution in [3.63, 3.8) is 0 Å². The van der Waals surface area contributed by atoms with Gasteiger partial charge in [-0.1, -0.05) is 6.92 Å². The van der Waals surface area contributed by atoms with Crippen LogP contribution in [0.4, 0.5) is 30.5 Å². The van der Waals surface area contributed by atoms with Crippen LogP contribution in [0.3, 0.4) is 0 Å². The molecule has 4 rings (SSSR count). The molecule has 32 heavy (non-hydrogen) atoms. The molecule has 2 aliphatic rings. The predicted molar refractivity (Wildman–Crippen MR) is 111 cm³/mol. The normalized spacial score (nSPS) is 19.7. The highest BCUT2D eigenvalue weighted by molar-refractivity contribution is 5.97. The maximum Gasteiger partial charge on any atom is 0.333 e. The highest BCUT2D eigenvalue weighted by atomic mass is 19.1. The molecule has 0 aliphatic carbocycles. The second-order valence-electron chi connectivity index (χ2n) is 7.86. The van der Waals surface area contributed by atoms with Crippen LogP contribution < -0.4 is 9.80 Å². The molecule has 1 fully saturated rings. The first-order chi connectivity index (χ1) is 15.2. The third-order valence-electron chi connectivity index (χ3n) is 6.00. The van der Waals surface area contributed by atoms with Gasteiger partial charge in [0.2, 0.25) is 0 Å². The summed E-state index contributed by atoms with van der Waals surface area (Å²) >= 11 is 0. The Labute approximate surface area is 182 Å². The lowest BCUT2D eigenvalue weighted by Gasteiger charge is -2.31. The molecule has 1 aromatic heterocycles. The number of pyridine rings is 1. The van der Waals surface area contributed by atoms with Crippen LogP contribution in [0.1, 0.15) is 12.5 Å². The zero-order chi connectivity index (χ0) is 23.2. The molecule has 1 atom stereocenters. The lowest BCUT2D eigenvalue weighted by Crippen LogP contribution is -2.41. The van der Waals surface area contributed by atoms with Crippen molar-refractivity contribution in [2.75, 3.05) is 43.7 Å². The third kappa shape index (κ3) is 3.59. The first kappa shape index (κ1) is 22.1. The van der Waals surface area contributed by atoms with E-state index in [1.165, 1.54) is 37.3 Å². The van der Waals surface area contributed by atoms with Gasteiger partial charge < -0.3 is 24.4 Å². The molecule has 10 heteroatoms. The number of hydrogen-bond acceptors (Lipinski definition) is 6. The summed E-state index contributed by atoms with van der Waals surface area (Å²) in [6.45, 7) is 2.29. The van der Waals surface area contributed by atoms with Crippen molar-refractivity contribution in [1.29, 1.82) is 0 Å². The summed E-state index contributed by atoms with van der Waals surface area (Å²) in [6.07, 6.45) is 1.30. The Bertz CT molecular complexity index is 1100. The van der Waals surface area contributed by atoms with E-state index in [0.29, 0.717) is 12.6 Å². The minimum absolute atomic E-state index is 0.00581. The van der Waals surface area contributed by atoms with Gasteiger partial charge in [0.1, 0.15) is 17.5 Å². The zero-order valence-corrected chi connectivity index (χ0v) is 17.7. The Morgan fingerprint density at radius 1 is 1.16 bits per heavy atom. The third-order valence-corrected chi connectivity index (χ3v) is 6.00. The molecule has 0 radical (unpaired) electrons. The Morgan fingerprint density at radius 3 is 2.47 bits per heavy atom. The van der Waals surface area contributed by atoms with Crippen LogP contribution >= 0.6 is 0 Å². The molecule has 7 nitrogen and oxygen atoms in total. The van der Waals surface area contributed by atoms with Crippen molar-refractivity contribution in [1.82, 2.24) is 4.98 Å². The second kappa shape index (κ2) is 8.10. The summed E-state index contributed by atoms with van der Waals surface area (Å²) in [5, 5.41) is 9.48. The summed E-state index contributed by atoms with van der Waals surface area (Å²) in [7, 11) is 3.02. The largest absolute Gasteiger partial charge is 0.478 e. The number of rotatable bonds is 5. The lowest BCUT2D eigenvalue weighted by atomic mass is 10.0. The van der Waals surface area contributed by atoms with Crippen LogP contribution in [0.15, 0.2) is 29.8 Å². The molecule has 0 bridgehead atoms. The molecule has 0 amide bonds. The van der Waals surface area contributed by atoms with Gasteiger partial charge in [-0.05, 0) is 24.3 Å². The highest BCUT2D eigenvalue weighted by Crippen LogP contribution is 2.40. The molecule has 170 valence electrons. The molecule has 1 aromatic carbocycles. The zero-order valence-electron chi connectivity index (χ0n) is 17.7. The number of benzene rings is 1. The van der Waals surface area contributed by atoms with Crippen molar-refractivity contribution in [2.24, 2.45) is 5.92 Å². The van der Waals surface area contributed by atoms with Crippen LogP contribution in [-0.4, -0.2) is 55.7 Å². The van der Waals surface area contributed by atoms with Crippen molar-refractivity contribution in [3.05, 3.63) is 52.9 Å². The standard InChI is InChI=1S/C22H22F3N3O4/c1-12-9-27(11-22(12,31-2)32-3)20-17(25)7-13-6-14(21(29)30)10-28(19(13)26-20)18-5-4-15(23)8-16(18)24/h4-8,12H,9-11H2,1-3H3,(H,29,30). The maximum absolute atomic E-state index is 15.1. The number of anilines is 3. The fraction of sp³-hybridized carbons (Fsp3) is 0.364. The average Bonchev–Trinajstić information content (AvgIpc) is 3.09. The molecule has 1 saturated heterocycles. The second-order valence-corrected chi connectivity index (χ2v) is 7.86. The van der Waals surface area contributed by atoms with E-state index in [1.54, 1.807) is 4.90 Å². The van der Waals surface area contributed by atoms with Gasteiger partial charge in [-0.15, -0.1) is 0 Å². The minimum Gasteiger partial charge on any atom is -0.478 e. The number of aromatic nitrogens is 1. The molecular weight excluding hydrogens is 427 g/mol. The number of ether oxygens (including phenoxy) is 2. The minimum atomic E-state index is -1.23. The van der Waals surface area contributed by atoms with Crippen LogP contribution in [0.25, 0.3) is 6.08 Å². The van der Waals surface area contributed by atoms with E-state index in [0.717, 1.165) is 6.07 Å². The molecule has 2 aromatic rings. The maximum atomic E-state index is 15.1. The number of aliphatic carboxylic acids is 1. The van der Waals surface area contributed by atoms with Gasteiger partial charge in [-0.3, -0.25) is 0 Å². The van der Waals surface area contributed by atoms with E-state index in [-0.39, 0.29) is 47.5 Å². The molecular formula is C22H22F3N3O4. The quantitative estimate of drug-likeness (QED) is 0.700. The fourth-order valence-corrected chi connectivity index (χ4v) is 4.27. The number of nitrogens with zero attached hydrogens (tertiary/aromatic N) is 3. The molecule has 0 spiro atoms. The summed E-state index contributed by atoms with van der Waals surface area (Å²) in [4.78, 5) is 19.0. The van der Waals surface area contributed by atoms with Crippen LogP contribution in [-0.2, 0) is 14.3 Å². The summed E-state index contributed by atoms with van der Waals surface area (Å²) < 4.78 is 54.2. The number of carboxylic acids is 1. The van der Waals surface area contributed by atoms with Crippen molar-refractivity contribution < 1.29 is 32.5 Å². The van der Waals surface area contributed by atoms with Gasteiger partial charge in [0.25, 0.3) is 0 Å². The topological polar surface area (TPSA) is 75.1 Å². The van der Waals surface area contributed by atoms with Gasteiger partial charge in [-0.25, -0.2) is 22.9 Å². The highest BCUT2D eigenvalue weighted by Gasteiger charge is 2.46. The van der Waals surface area contributed by atoms with E-state index in [1.807, 2.05) is 6.92 Å². The van der Waals surface area contributed by atoms with E-state index in [4.69, 9.17) is 9.47 Å². The molecule has 1 unspecified atom stereocenters. The van der Waals surface area contributed by atoms with Crippen molar-refractivity contribution in [3.8, 4) is 0 Å². The average molecular weight is 449 g/mol. The molecule has 0 saturated carbocycles. The SMILES string of the molecule is COC1(OC)CN(c2nc3c(cc2F)C=C(C(=O)O)CN3c2ccc(F)cc2F)CC1C. The Morgan fingerprint density at radius 2 is 1.88 bits per heavy atom. The van der Waals surface area contributed by atoms with E-state index >= 15 is 4.39 Å². The molecule has 1 N–H and O–H groups in total. The summed E-state index contributed by atoms with van der Waals surface area (Å²) in [5.41, 5.74) is 0.0286.